The molecule has 5 heterocycles. The van der Waals surface area contributed by atoms with Crippen molar-refractivity contribution in [2.45, 2.75) is 18.8 Å². The number of nitrogens with one attached hydrogen (secondary N) is 2. The van der Waals surface area contributed by atoms with E-state index in [4.69, 9.17) is 0 Å². The van der Waals surface area contributed by atoms with E-state index in [1.54, 1.807) is 18.6 Å². The highest BCUT2D eigenvalue weighted by atomic mass is 32.2. The Morgan fingerprint density at radius 3 is 2.80 bits per heavy atom. The minimum Gasteiger partial charge on any atom is -0.328 e. The Balaban J connectivity index is 1.34. The number of imidazole rings is 1. The number of fused-ring (bicyclic) bond motifs is 1. The van der Waals surface area contributed by atoms with Crippen molar-refractivity contribution >= 4 is 38.0 Å². The summed E-state index contributed by atoms with van der Waals surface area (Å²) in [7, 11) is -3.12. The first kappa shape index (κ1) is 19.2. The average Bonchev–Trinajstić information content (AvgIpc) is 3.48. The van der Waals surface area contributed by atoms with Crippen LogP contribution in [0.25, 0.3) is 16.9 Å². The van der Waals surface area contributed by atoms with Gasteiger partial charge in [0.2, 0.25) is 10.0 Å². The third-order valence-corrected chi connectivity index (χ3v) is 7.36. The van der Waals surface area contributed by atoms with Crippen molar-refractivity contribution in [2.75, 3.05) is 24.7 Å². The van der Waals surface area contributed by atoms with E-state index in [1.807, 2.05) is 22.9 Å². The van der Waals surface area contributed by atoms with Gasteiger partial charge in [-0.05, 0) is 30.4 Å². The van der Waals surface area contributed by atoms with Crippen molar-refractivity contribution in [2.24, 2.45) is 0 Å². The highest BCUT2D eigenvalue weighted by Gasteiger charge is 2.27. The van der Waals surface area contributed by atoms with E-state index in [2.05, 4.69) is 29.9 Å². The molecule has 1 saturated heterocycles. The topological polar surface area (TPSA) is 121 Å². The Morgan fingerprint density at radius 2 is 2.07 bits per heavy atom. The van der Waals surface area contributed by atoms with Crippen molar-refractivity contribution in [1.29, 1.82) is 0 Å². The van der Waals surface area contributed by atoms with E-state index in [1.165, 1.54) is 22.1 Å². The van der Waals surface area contributed by atoms with E-state index in [0.717, 1.165) is 34.8 Å². The Hall–Kier alpha value is -2.83. The molecule has 30 heavy (non-hydrogen) atoms. The van der Waals surface area contributed by atoms with Crippen LogP contribution in [0.5, 0.6) is 0 Å². The molecule has 0 bridgehead atoms. The van der Waals surface area contributed by atoms with Crippen LogP contribution in [0, 0.1) is 0 Å². The van der Waals surface area contributed by atoms with Gasteiger partial charge in [-0.1, -0.05) is 0 Å². The van der Waals surface area contributed by atoms with Gasteiger partial charge in [0.15, 0.2) is 11.5 Å². The van der Waals surface area contributed by atoms with E-state index in [9.17, 15) is 8.42 Å². The second kappa shape index (κ2) is 7.45. The minimum atomic E-state index is -3.12. The van der Waals surface area contributed by atoms with E-state index < -0.39 is 10.0 Å². The van der Waals surface area contributed by atoms with Gasteiger partial charge in [-0.15, -0.1) is 0 Å². The van der Waals surface area contributed by atoms with E-state index in [0.29, 0.717) is 24.6 Å². The van der Waals surface area contributed by atoms with Crippen LogP contribution in [0.1, 0.15) is 24.5 Å². The molecule has 0 radical (unpaired) electrons. The number of sulfonamides is 1. The molecule has 1 aliphatic heterocycles. The summed E-state index contributed by atoms with van der Waals surface area (Å²) >= 11 is 1.37. The van der Waals surface area contributed by atoms with Gasteiger partial charge in [0.25, 0.3) is 0 Å². The summed E-state index contributed by atoms with van der Waals surface area (Å²) in [6.07, 6.45) is 11.8. The maximum absolute atomic E-state index is 11.7. The first-order valence-corrected chi connectivity index (χ1v) is 12.1. The number of aromatic nitrogens is 6. The van der Waals surface area contributed by atoms with Crippen LogP contribution in [-0.4, -0.2) is 61.0 Å². The first-order chi connectivity index (χ1) is 14.5. The molecule has 0 saturated carbocycles. The number of hydrogen-bond donors (Lipinski definition) is 2. The molecule has 0 unspecified atom stereocenters. The maximum Gasteiger partial charge on any atom is 0.211 e. The number of rotatable bonds is 5. The van der Waals surface area contributed by atoms with Gasteiger partial charge in [0.05, 0.1) is 30.0 Å². The normalized spacial score (nSPS) is 16.3. The fourth-order valence-corrected chi connectivity index (χ4v) is 5.35. The Morgan fingerprint density at radius 1 is 1.23 bits per heavy atom. The zero-order valence-electron chi connectivity index (χ0n) is 16.2. The second-order valence-electron chi connectivity index (χ2n) is 7.28. The molecule has 12 heteroatoms. The van der Waals surface area contributed by atoms with Crippen LogP contribution in [0.2, 0.25) is 0 Å². The van der Waals surface area contributed by atoms with Crippen molar-refractivity contribution in [3.05, 3.63) is 42.7 Å². The number of H-pyrrole nitrogens is 1. The Kier molecular flexibility index (Phi) is 4.76. The zero-order valence-corrected chi connectivity index (χ0v) is 17.8. The quantitative estimate of drug-likeness (QED) is 0.485. The van der Waals surface area contributed by atoms with Gasteiger partial charge in [0, 0.05) is 43.2 Å². The molecule has 0 amide bonds. The predicted octanol–water partition coefficient (Wildman–Crippen LogP) is 2.46. The molecular weight excluding hydrogens is 424 g/mol. The molecular formula is C18H20N8O2S2. The summed E-state index contributed by atoms with van der Waals surface area (Å²) in [4.78, 5) is 8.96. The second-order valence-corrected chi connectivity index (χ2v) is 10.1. The Bertz CT molecular complexity index is 1270. The molecule has 4 aromatic heterocycles. The van der Waals surface area contributed by atoms with Gasteiger partial charge < -0.3 is 5.32 Å². The van der Waals surface area contributed by atoms with E-state index >= 15 is 0 Å². The number of piperidine rings is 1. The lowest BCUT2D eigenvalue weighted by Gasteiger charge is -2.29. The summed E-state index contributed by atoms with van der Waals surface area (Å²) in [6, 6.07) is 2.02. The smallest absolute Gasteiger partial charge is 0.211 e. The zero-order chi connectivity index (χ0) is 20.7. The molecule has 10 nitrogen and oxygen atoms in total. The van der Waals surface area contributed by atoms with Crippen molar-refractivity contribution < 1.29 is 8.42 Å². The number of nitrogens with zero attached hydrogens (tertiary/aromatic N) is 6. The van der Waals surface area contributed by atoms with Crippen LogP contribution in [0.15, 0.2) is 37.1 Å². The lowest BCUT2D eigenvalue weighted by Crippen LogP contribution is -2.37. The van der Waals surface area contributed by atoms with Crippen LogP contribution < -0.4 is 5.32 Å². The highest BCUT2D eigenvalue weighted by Crippen LogP contribution is 2.33. The van der Waals surface area contributed by atoms with Crippen LogP contribution in [0.4, 0.5) is 10.8 Å². The third-order valence-electron chi connectivity index (χ3n) is 5.33. The molecule has 2 N–H and O–H groups in total. The SMILES string of the molecule is CS(=O)(=O)N1CCC(c2cc(Nc3nccn4c(-c5cn[nH]c5)cnc34)sn2)CC1. The van der Waals surface area contributed by atoms with Crippen LogP contribution in [0.3, 0.4) is 0 Å². The van der Waals surface area contributed by atoms with Crippen molar-refractivity contribution in [3.63, 3.8) is 0 Å². The standard InChI is InChI=1S/C18H20N8O2S2/c1-30(27,28)25-5-2-12(3-6-25)14-8-16(29-24-14)23-17-18-20-11-15(13-9-21-22-10-13)26(18)7-4-19-17/h4,7-12H,2-3,5-6H2,1H3,(H,19,23)(H,21,22). The van der Waals surface area contributed by atoms with Gasteiger partial charge >= 0.3 is 0 Å². The van der Waals surface area contributed by atoms with Crippen molar-refractivity contribution in [1.82, 2.24) is 33.2 Å². The van der Waals surface area contributed by atoms with Gasteiger partial charge in [0.1, 0.15) is 5.00 Å². The molecule has 5 rings (SSSR count). The fourth-order valence-electron chi connectivity index (χ4n) is 3.75. The lowest BCUT2D eigenvalue weighted by molar-refractivity contribution is 0.319. The van der Waals surface area contributed by atoms with Crippen LogP contribution >= 0.6 is 11.5 Å². The molecule has 156 valence electrons. The summed E-state index contributed by atoms with van der Waals surface area (Å²) in [5.41, 5.74) is 3.57. The summed E-state index contributed by atoms with van der Waals surface area (Å²) in [6.45, 7) is 1.07. The van der Waals surface area contributed by atoms with Crippen molar-refractivity contribution in [3.8, 4) is 11.3 Å². The largest absolute Gasteiger partial charge is 0.328 e. The summed E-state index contributed by atoms with van der Waals surface area (Å²) in [5.74, 6) is 0.909. The molecule has 4 aromatic rings. The fraction of sp³-hybridized carbons (Fsp3) is 0.333. The van der Waals surface area contributed by atoms with Crippen LogP contribution in [-0.2, 0) is 10.0 Å². The lowest BCUT2D eigenvalue weighted by atomic mass is 9.95. The molecule has 0 aromatic carbocycles. The first-order valence-electron chi connectivity index (χ1n) is 9.49. The highest BCUT2D eigenvalue weighted by molar-refractivity contribution is 7.88. The molecule has 1 fully saturated rings. The van der Waals surface area contributed by atoms with Gasteiger partial charge in [-0.3, -0.25) is 9.50 Å². The predicted molar refractivity (Wildman–Crippen MR) is 114 cm³/mol. The average molecular weight is 445 g/mol. The molecule has 0 aliphatic carbocycles. The maximum atomic E-state index is 11.7. The van der Waals surface area contributed by atoms with E-state index in [-0.39, 0.29) is 5.92 Å². The number of anilines is 2. The molecule has 1 aliphatic rings. The summed E-state index contributed by atoms with van der Waals surface area (Å²) in [5, 5.41) is 11.0. The number of hydrogen-bond acceptors (Lipinski definition) is 8. The van der Waals surface area contributed by atoms with Gasteiger partial charge in [-0.25, -0.2) is 22.7 Å². The minimum absolute atomic E-state index is 0.262. The monoisotopic (exact) mass is 444 g/mol. The Labute approximate surface area is 177 Å². The third kappa shape index (κ3) is 3.57. The number of aromatic amines is 1. The molecule has 0 atom stereocenters. The van der Waals surface area contributed by atoms with Gasteiger partial charge in [-0.2, -0.15) is 9.47 Å². The summed E-state index contributed by atoms with van der Waals surface area (Å²) < 4.78 is 31.5. The molecule has 0 spiro atoms.